The molecule has 158 valence electrons. The minimum absolute atomic E-state index is 0.0852. The molecule has 1 heterocycles. The van der Waals surface area contributed by atoms with E-state index in [4.69, 9.17) is 14.2 Å². The van der Waals surface area contributed by atoms with E-state index in [-0.39, 0.29) is 11.7 Å². The number of nitrogens with zero attached hydrogens (tertiary/aromatic N) is 2. The first kappa shape index (κ1) is 21.6. The van der Waals surface area contributed by atoms with Crippen molar-refractivity contribution in [2.45, 2.75) is 11.7 Å². The van der Waals surface area contributed by atoms with Crippen molar-refractivity contribution in [1.82, 2.24) is 14.9 Å². The number of carbonyl (C=O) groups is 1. The van der Waals surface area contributed by atoms with E-state index < -0.39 is 0 Å². The highest BCUT2D eigenvalue weighted by Crippen LogP contribution is 2.38. The Morgan fingerprint density at radius 3 is 2.33 bits per heavy atom. The predicted octanol–water partition coefficient (Wildman–Crippen LogP) is 3.52. The Hall–Kier alpha value is -3.13. The quantitative estimate of drug-likeness (QED) is 0.527. The van der Waals surface area contributed by atoms with E-state index in [1.54, 1.807) is 21.3 Å². The number of amides is 1. The maximum absolute atomic E-state index is 12.4. The van der Waals surface area contributed by atoms with Crippen LogP contribution in [0.2, 0.25) is 0 Å². The normalized spacial score (nSPS) is 10.5. The average molecular weight is 428 g/mol. The Morgan fingerprint density at radius 2 is 1.73 bits per heavy atom. The summed E-state index contributed by atoms with van der Waals surface area (Å²) >= 11 is 1.40. The standard InChI is InChI=1S/C22H25N3O4S/c1-25-17(16-8-6-5-7-9-16)13-24-22(25)30-14-20(26)23-12-15-10-18(27-2)21(29-4)19(11-15)28-3/h5-11,13H,12,14H2,1-4H3,(H,23,26). The molecule has 8 heteroatoms. The number of hydrogen-bond acceptors (Lipinski definition) is 6. The van der Waals surface area contributed by atoms with Gasteiger partial charge in [-0.1, -0.05) is 42.1 Å². The Bertz CT molecular complexity index is 980. The molecule has 0 fully saturated rings. The molecule has 0 aliphatic carbocycles. The topological polar surface area (TPSA) is 74.6 Å². The first-order valence-electron chi connectivity index (χ1n) is 9.32. The molecule has 0 spiro atoms. The van der Waals surface area contributed by atoms with Crippen LogP contribution in [0.5, 0.6) is 17.2 Å². The lowest BCUT2D eigenvalue weighted by molar-refractivity contribution is -0.118. The number of aromatic nitrogens is 2. The number of nitrogens with one attached hydrogen (secondary N) is 1. The first-order valence-corrected chi connectivity index (χ1v) is 10.3. The fourth-order valence-electron chi connectivity index (χ4n) is 3.02. The summed E-state index contributed by atoms with van der Waals surface area (Å²) in [6.45, 7) is 0.353. The molecule has 0 unspecified atom stereocenters. The van der Waals surface area contributed by atoms with Gasteiger partial charge in [-0.25, -0.2) is 4.98 Å². The number of methoxy groups -OCH3 is 3. The molecule has 2 aromatic carbocycles. The Labute approximate surface area is 180 Å². The molecule has 1 aromatic heterocycles. The van der Waals surface area contributed by atoms with Gasteiger partial charge in [0.2, 0.25) is 11.7 Å². The fourth-order valence-corrected chi connectivity index (χ4v) is 3.80. The van der Waals surface area contributed by atoms with E-state index in [9.17, 15) is 4.79 Å². The molecular weight excluding hydrogens is 402 g/mol. The summed E-state index contributed by atoms with van der Waals surface area (Å²) in [6, 6.07) is 13.7. The number of rotatable bonds is 9. The number of ether oxygens (including phenoxy) is 3. The van der Waals surface area contributed by atoms with Crippen LogP contribution in [-0.4, -0.2) is 42.5 Å². The van der Waals surface area contributed by atoms with Gasteiger partial charge in [0.05, 0.1) is 39.0 Å². The van der Waals surface area contributed by atoms with Crippen molar-refractivity contribution >= 4 is 17.7 Å². The lowest BCUT2D eigenvalue weighted by atomic mass is 10.2. The second-order valence-corrected chi connectivity index (χ2v) is 7.39. The zero-order valence-electron chi connectivity index (χ0n) is 17.5. The van der Waals surface area contributed by atoms with Gasteiger partial charge in [-0.15, -0.1) is 0 Å². The minimum Gasteiger partial charge on any atom is -0.493 e. The molecule has 0 atom stereocenters. The Balaban J connectivity index is 1.59. The molecule has 1 amide bonds. The Morgan fingerprint density at radius 1 is 1.07 bits per heavy atom. The van der Waals surface area contributed by atoms with E-state index in [1.165, 1.54) is 11.8 Å². The highest BCUT2D eigenvalue weighted by atomic mass is 32.2. The lowest BCUT2D eigenvalue weighted by Gasteiger charge is -2.14. The highest BCUT2D eigenvalue weighted by molar-refractivity contribution is 7.99. The maximum Gasteiger partial charge on any atom is 0.230 e. The van der Waals surface area contributed by atoms with E-state index in [0.29, 0.717) is 23.8 Å². The lowest BCUT2D eigenvalue weighted by Crippen LogP contribution is -2.24. The van der Waals surface area contributed by atoms with Crippen molar-refractivity contribution < 1.29 is 19.0 Å². The molecule has 0 aliphatic rings. The van der Waals surface area contributed by atoms with Crippen LogP contribution in [0, 0.1) is 0 Å². The third kappa shape index (κ3) is 4.88. The van der Waals surface area contributed by atoms with Gasteiger partial charge in [0.15, 0.2) is 16.7 Å². The summed E-state index contributed by atoms with van der Waals surface area (Å²) < 4.78 is 18.0. The second-order valence-electron chi connectivity index (χ2n) is 6.45. The average Bonchev–Trinajstić information content (AvgIpc) is 3.16. The molecule has 3 aromatic rings. The summed E-state index contributed by atoms with van der Waals surface area (Å²) in [4.78, 5) is 16.8. The highest BCUT2D eigenvalue weighted by Gasteiger charge is 2.14. The van der Waals surface area contributed by atoms with E-state index >= 15 is 0 Å². The van der Waals surface area contributed by atoms with Gasteiger partial charge < -0.3 is 24.1 Å². The van der Waals surface area contributed by atoms with Crippen LogP contribution in [0.25, 0.3) is 11.3 Å². The van der Waals surface area contributed by atoms with Crippen molar-refractivity contribution in [3.8, 4) is 28.5 Å². The third-order valence-corrected chi connectivity index (χ3v) is 5.61. The molecule has 0 bridgehead atoms. The number of thioether (sulfide) groups is 1. The van der Waals surface area contributed by atoms with Crippen molar-refractivity contribution in [2.75, 3.05) is 27.1 Å². The van der Waals surface area contributed by atoms with Crippen LogP contribution >= 0.6 is 11.8 Å². The molecule has 0 saturated heterocycles. The third-order valence-electron chi connectivity index (χ3n) is 4.56. The summed E-state index contributed by atoms with van der Waals surface area (Å²) in [6.07, 6.45) is 1.82. The molecule has 30 heavy (non-hydrogen) atoms. The first-order chi connectivity index (χ1) is 14.6. The molecule has 0 radical (unpaired) electrons. The largest absolute Gasteiger partial charge is 0.493 e. The smallest absolute Gasteiger partial charge is 0.230 e. The van der Waals surface area contributed by atoms with E-state index in [2.05, 4.69) is 10.3 Å². The van der Waals surface area contributed by atoms with Crippen LogP contribution in [-0.2, 0) is 18.4 Å². The van der Waals surface area contributed by atoms with Crippen molar-refractivity contribution in [2.24, 2.45) is 7.05 Å². The van der Waals surface area contributed by atoms with Crippen molar-refractivity contribution in [1.29, 1.82) is 0 Å². The van der Waals surface area contributed by atoms with Gasteiger partial charge in [0.1, 0.15) is 0 Å². The molecule has 7 nitrogen and oxygen atoms in total. The summed E-state index contributed by atoms with van der Waals surface area (Å²) in [7, 11) is 6.63. The van der Waals surface area contributed by atoms with E-state index in [0.717, 1.165) is 22.0 Å². The zero-order valence-corrected chi connectivity index (χ0v) is 18.3. The van der Waals surface area contributed by atoms with Crippen LogP contribution in [0.4, 0.5) is 0 Å². The molecule has 0 aliphatic heterocycles. The summed E-state index contributed by atoms with van der Waals surface area (Å²) in [5.74, 6) is 1.81. The monoisotopic (exact) mass is 427 g/mol. The summed E-state index contributed by atoms with van der Waals surface area (Å²) in [5, 5.41) is 3.71. The fraction of sp³-hybridized carbons (Fsp3) is 0.273. The van der Waals surface area contributed by atoms with Gasteiger partial charge in [-0.2, -0.15) is 0 Å². The van der Waals surface area contributed by atoms with Crippen LogP contribution in [0.1, 0.15) is 5.56 Å². The molecule has 1 N–H and O–H groups in total. The van der Waals surface area contributed by atoms with Crippen LogP contribution in [0.15, 0.2) is 53.8 Å². The van der Waals surface area contributed by atoms with Gasteiger partial charge in [0.25, 0.3) is 0 Å². The molecule has 0 saturated carbocycles. The molecular formula is C22H25N3O4S. The van der Waals surface area contributed by atoms with Crippen LogP contribution < -0.4 is 19.5 Å². The van der Waals surface area contributed by atoms with Gasteiger partial charge in [0, 0.05) is 13.6 Å². The van der Waals surface area contributed by atoms with E-state index in [1.807, 2.05) is 60.3 Å². The Kier molecular flexibility index (Phi) is 7.24. The minimum atomic E-state index is -0.0852. The van der Waals surface area contributed by atoms with Crippen LogP contribution in [0.3, 0.4) is 0 Å². The second kappa shape index (κ2) is 10.1. The molecule has 3 rings (SSSR count). The number of imidazole rings is 1. The van der Waals surface area contributed by atoms with Crippen molar-refractivity contribution in [3.63, 3.8) is 0 Å². The number of benzene rings is 2. The predicted molar refractivity (Wildman–Crippen MR) is 117 cm³/mol. The number of hydrogen-bond donors (Lipinski definition) is 1. The van der Waals surface area contributed by atoms with Gasteiger partial charge in [-0.3, -0.25) is 4.79 Å². The SMILES string of the molecule is COc1cc(CNC(=O)CSc2ncc(-c3ccccc3)n2C)cc(OC)c1OC. The zero-order chi connectivity index (χ0) is 21.5. The van der Waals surface area contributed by atoms with Gasteiger partial charge in [-0.05, 0) is 23.3 Å². The summed E-state index contributed by atoms with van der Waals surface area (Å²) in [5.41, 5.74) is 2.95. The number of carbonyl (C=O) groups excluding carboxylic acids is 1. The maximum atomic E-state index is 12.4. The van der Waals surface area contributed by atoms with Gasteiger partial charge >= 0.3 is 0 Å². The van der Waals surface area contributed by atoms with Crippen molar-refractivity contribution in [3.05, 3.63) is 54.2 Å².